The van der Waals surface area contributed by atoms with Crippen molar-refractivity contribution in [2.24, 2.45) is 0 Å². The summed E-state index contributed by atoms with van der Waals surface area (Å²) in [7, 11) is 0. The third-order valence-electron chi connectivity index (χ3n) is 2.61. The van der Waals surface area contributed by atoms with Gasteiger partial charge in [-0.2, -0.15) is 0 Å². The van der Waals surface area contributed by atoms with Crippen LogP contribution in [0.2, 0.25) is 4.34 Å². The summed E-state index contributed by atoms with van der Waals surface area (Å²) < 4.78 is 6.07. The number of ether oxygens (including phenoxy) is 1. The molecule has 3 N–H and O–H groups in total. The summed E-state index contributed by atoms with van der Waals surface area (Å²) in [6, 6.07) is 5.69. The average Bonchev–Trinajstić information content (AvgIpc) is 2.82. The largest absolute Gasteiger partial charge is 0.384 e. The summed E-state index contributed by atoms with van der Waals surface area (Å²) in [5.74, 6) is 1.68. The summed E-state index contributed by atoms with van der Waals surface area (Å²) in [4.78, 5) is 9.66. The Morgan fingerprint density at radius 1 is 1.45 bits per heavy atom. The van der Waals surface area contributed by atoms with Crippen molar-refractivity contribution in [3.05, 3.63) is 33.2 Å². The van der Waals surface area contributed by atoms with Gasteiger partial charge in [-0.3, -0.25) is 0 Å². The van der Waals surface area contributed by atoms with Crippen LogP contribution in [0.1, 0.15) is 30.6 Å². The van der Waals surface area contributed by atoms with Crippen molar-refractivity contribution in [2.75, 3.05) is 17.7 Å². The lowest BCUT2D eigenvalue weighted by atomic mass is 10.3. The van der Waals surface area contributed by atoms with Crippen molar-refractivity contribution in [1.82, 2.24) is 9.97 Å². The Bertz CT molecular complexity index is 575. The first-order chi connectivity index (χ1) is 9.58. The minimum atomic E-state index is 0.0988. The molecule has 2 rings (SSSR count). The zero-order chi connectivity index (χ0) is 14.5. The van der Waals surface area contributed by atoms with Gasteiger partial charge in [0.25, 0.3) is 0 Å². The van der Waals surface area contributed by atoms with Gasteiger partial charge in [0.05, 0.1) is 10.4 Å². The summed E-state index contributed by atoms with van der Waals surface area (Å²) >= 11 is 7.48. The van der Waals surface area contributed by atoms with Gasteiger partial charge in [0, 0.05) is 17.6 Å². The van der Waals surface area contributed by atoms with Crippen molar-refractivity contribution >= 4 is 34.6 Å². The van der Waals surface area contributed by atoms with E-state index < -0.39 is 0 Å². The van der Waals surface area contributed by atoms with Crippen LogP contribution in [0.4, 0.5) is 11.6 Å². The third kappa shape index (κ3) is 4.06. The van der Waals surface area contributed by atoms with E-state index >= 15 is 0 Å². The van der Waals surface area contributed by atoms with Gasteiger partial charge in [-0.05, 0) is 26.0 Å². The van der Waals surface area contributed by atoms with Gasteiger partial charge in [-0.15, -0.1) is 11.3 Å². The van der Waals surface area contributed by atoms with Crippen molar-refractivity contribution < 1.29 is 4.74 Å². The molecule has 2 aromatic rings. The fourth-order valence-corrected chi connectivity index (χ4v) is 2.77. The van der Waals surface area contributed by atoms with E-state index in [0.717, 1.165) is 9.21 Å². The molecule has 108 valence electrons. The average molecular weight is 313 g/mol. The maximum Gasteiger partial charge on any atom is 0.158 e. The van der Waals surface area contributed by atoms with Gasteiger partial charge in [-0.25, -0.2) is 9.97 Å². The maximum absolute atomic E-state index is 5.94. The molecule has 5 nitrogen and oxygen atoms in total. The Kier molecular flexibility index (Phi) is 5.17. The van der Waals surface area contributed by atoms with Gasteiger partial charge >= 0.3 is 0 Å². The molecule has 1 atom stereocenters. The molecule has 0 aromatic carbocycles. The fourth-order valence-electron chi connectivity index (χ4n) is 1.70. The van der Waals surface area contributed by atoms with Crippen molar-refractivity contribution in [3.63, 3.8) is 0 Å². The molecule has 0 fully saturated rings. The Balaban J connectivity index is 2.10. The van der Waals surface area contributed by atoms with Gasteiger partial charge in [-0.1, -0.05) is 11.6 Å². The molecule has 7 heteroatoms. The highest BCUT2D eigenvalue weighted by molar-refractivity contribution is 7.16. The molecular weight excluding hydrogens is 296 g/mol. The molecule has 20 heavy (non-hydrogen) atoms. The number of nitrogens with one attached hydrogen (secondary N) is 1. The first-order valence-corrected chi connectivity index (χ1v) is 7.51. The van der Waals surface area contributed by atoms with E-state index in [9.17, 15) is 0 Å². The molecule has 2 aromatic heterocycles. The number of hydrogen-bond acceptors (Lipinski definition) is 6. The van der Waals surface area contributed by atoms with Gasteiger partial charge in [0.1, 0.15) is 18.2 Å². The lowest BCUT2D eigenvalue weighted by molar-refractivity contribution is 0.128. The molecule has 0 saturated carbocycles. The molecule has 0 aliphatic heterocycles. The number of thiophene rings is 1. The second kappa shape index (κ2) is 6.88. The van der Waals surface area contributed by atoms with E-state index in [1.165, 1.54) is 0 Å². The molecule has 0 saturated heterocycles. The monoisotopic (exact) mass is 312 g/mol. The van der Waals surface area contributed by atoms with E-state index in [0.29, 0.717) is 30.7 Å². The molecular formula is C13H17ClN4OS. The van der Waals surface area contributed by atoms with Crippen LogP contribution in [0.15, 0.2) is 18.2 Å². The molecule has 0 spiro atoms. The quantitative estimate of drug-likeness (QED) is 0.854. The van der Waals surface area contributed by atoms with E-state index in [1.807, 2.05) is 26.0 Å². The number of hydrogen-bond donors (Lipinski definition) is 2. The first-order valence-electron chi connectivity index (χ1n) is 6.31. The molecule has 0 amide bonds. The highest BCUT2D eigenvalue weighted by Gasteiger charge is 2.10. The number of anilines is 2. The number of nitrogen functional groups attached to an aromatic ring is 1. The van der Waals surface area contributed by atoms with E-state index in [4.69, 9.17) is 22.1 Å². The molecule has 0 bridgehead atoms. The van der Waals surface area contributed by atoms with E-state index in [-0.39, 0.29) is 6.04 Å². The van der Waals surface area contributed by atoms with Crippen molar-refractivity contribution in [1.29, 1.82) is 0 Å². The van der Waals surface area contributed by atoms with Gasteiger partial charge in [0.15, 0.2) is 5.82 Å². The summed E-state index contributed by atoms with van der Waals surface area (Å²) in [5, 5.41) is 3.29. The summed E-state index contributed by atoms with van der Waals surface area (Å²) in [6.07, 6.45) is 0. The zero-order valence-corrected chi connectivity index (χ0v) is 13.0. The van der Waals surface area contributed by atoms with Crippen LogP contribution in [0, 0.1) is 0 Å². The molecule has 2 heterocycles. The van der Waals surface area contributed by atoms with Crippen molar-refractivity contribution in [3.8, 4) is 0 Å². The van der Waals surface area contributed by atoms with Crippen molar-refractivity contribution in [2.45, 2.75) is 26.5 Å². The smallest absolute Gasteiger partial charge is 0.158 e. The van der Waals surface area contributed by atoms with Gasteiger partial charge < -0.3 is 15.8 Å². The maximum atomic E-state index is 5.94. The molecule has 0 radical (unpaired) electrons. The Morgan fingerprint density at radius 3 is 2.90 bits per heavy atom. The first kappa shape index (κ1) is 15.0. The van der Waals surface area contributed by atoms with Crippen LogP contribution in [-0.4, -0.2) is 16.6 Å². The number of nitrogens with zero attached hydrogens (tertiary/aromatic N) is 2. The van der Waals surface area contributed by atoms with Crippen LogP contribution in [0.25, 0.3) is 0 Å². The zero-order valence-electron chi connectivity index (χ0n) is 11.4. The third-order valence-corrected chi connectivity index (χ3v) is 4.03. The van der Waals surface area contributed by atoms with Crippen LogP contribution >= 0.6 is 22.9 Å². The lowest BCUT2D eigenvalue weighted by Gasteiger charge is -2.14. The predicted octanol–water partition coefficient (Wildman–Crippen LogP) is 3.48. The van der Waals surface area contributed by atoms with Crippen LogP contribution < -0.4 is 11.1 Å². The topological polar surface area (TPSA) is 73.1 Å². The second-order valence-electron chi connectivity index (χ2n) is 4.24. The second-order valence-corrected chi connectivity index (χ2v) is 5.99. The normalized spacial score (nSPS) is 12.3. The summed E-state index contributed by atoms with van der Waals surface area (Å²) in [5.41, 5.74) is 5.78. The number of nitrogens with two attached hydrogens (primary N) is 1. The Labute approximate surface area is 127 Å². The SMILES string of the molecule is CCOCc1nc(N)cc(NC(C)c2ccc(Cl)s2)n1. The number of aromatic nitrogens is 2. The highest BCUT2D eigenvalue weighted by atomic mass is 35.5. The standard InChI is InChI=1S/C13H17ClN4OS/c1-3-19-7-13-17-11(15)6-12(18-13)16-8(2)9-4-5-10(14)20-9/h4-6,8H,3,7H2,1-2H3,(H3,15,16,17,18). The molecule has 0 aliphatic carbocycles. The fraction of sp³-hybridized carbons (Fsp3) is 0.385. The summed E-state index contributed by atoms with van der Waals surface area (Å²) in [6.45, 7) is 4.94. The minimum absolute atomic E-state index is 0.0988. The van der Waals surface area contributed by atoms with E-state index in [1.54, 1.807) is 17.4 Å². The Morgan fingerprint density at radius 2 is 2.25 bits per heavy atom. The number of rotatable bonds is 6. The van der Waals surface area contributed by atoms with E-state index in [2.05, 4.69) is 15.3 Å². The van der Waals surface area contributed by atoms with Crippen LogP contribution in [0.3, 0.4) is 0 Å². The minimum Gasteiger partial charge on any atom is -0.384 e. The van der Waals surface area contributed by atoms with Crippen LogP contribution in [-0.2, 0) is 11.3 Å². The Hall–Kier alpha value is -1.37. The predicted molar refractivity (Wildman–Crippen MR) is 83.1 cm³/mol. The number of halogens is 1. The highest BCUT2D eigenvalue weighted by Crippen LogP contribution is 2.28. The molecule has 1 unspecified atom stereocenters. The molecule has 0 aliphatic rings. The lowest BCUT2D eigenvalue weighted by Crippen LogP contribution is -2.10. The van der Waals surface area contributed by atoms with Crippen LogP contribution in [0.5, 0.6) is 0 Å². The van der Waals surface area contributed by atoms with Gasteiger partial charge in [0.2, 0.25) is 0 Å².